The van der Waals surface area contributed by atoms with Crippen LogP contribution in [0, 0.1) is 0 Å². The summed E-state index contributed by atoms with van der Waals surface area (Å²) in [6.45, 7) is 6.52. The van der Waals surface area contributed by atoms with E-state index in [9.17, 15) is 5.11 Å². The fourth-order valence-corrected chi connectivity index (χ4v) is 10.1. The highest BCUT2D eigenvalue weighted by Gasteiger charge is 2.67. The largest absolute Gasteiger partial charge is 0.481 e. The number of isothiocyanates is 1. The molecule has 37 heavy (non-hydrogen) atoms. The molecule has 5 heteroatoms. The van der Waals surface area contributed by atoms with E-state index in [4.69, 9.17) is 4.74 Å². The quantitative estimate of drug-likeness (QED) is 0.152. The van der Waals surface area contributed by atoms with Crippen LogP contribution in [0.4, 0.5) is 0 Å². The molecular weight excluding hydrogens is 493 g/mol. The zero-order valence-corrected chi connectivity index (χ0v) is 23.3. The molecule has 1 atom stereocenters. The highest BCUT2D eigenvalue weighted by atomic mass is 32.1. The Labute approximate surface area is 226 Å². The van der Waals surface area contributed by atoms with E-state index in [-0.39, 0.29) is 0 Å². The van der Waals surface area contributed by atoms with Crippen molar-refractivity contribution in [1.29, 1.82) is 0 Å². The summed E-state index contributed by atoms with van der Waals surface area (Å²) in [6.07, 6.45) is 0.787. The Hall–Kier alpha value is -3.13. The number of aliphatic hydroxyl groups is 1. The van der Waals surface area contributed by atoms with E-state index >= 15 is 0 Å². The maximum Gasteiger partial charge on any atom is 0.225 e. The number of thiocarbonyl (C=S) groups is 1. The minimum atomic E-state index is -2.64. The van der Waals surface area contributed by atoms with Crippen LogP contribution >= 0.6 is 19.5 Å². The molecule has 0 aliphatic rings. The molecule has 0 aliphatic carbocycles. The first-order valence-electron chi connectivity index (χ1n) is 12.4. The minimum absolute atomic E-state index is 0.613. The van der Waals surface area contributed by atoms with Crippen LogP contribution in [-0.4, -0.2) is 27.8 Å². The third kappa shape index (κ3) is 5.30. The number of hydrogen-bond donors (Lipinski definition) is 1. The van der Waals surface area contributed by atoms with Crippen LogP contribution in [0.3, 0.4) is 0 Å². The molecule has 4 aromatic rings. The third-order valence-electron chi connectivity index (χ3n) is 7.10. The maximum atomic E-state index is 12.9. The van der Waals surface area contributed by atoms with Gasteiger partial charge in [0.25, 0.3) is 0 Å². The lowest BCUT2D eigenvalue weighted by Gasteiger charge is -2.47. The van der Waals surface area contributed by atoms with Gasteiger partial charge in [-0.05, 0) is 86.6 Å². The normalized spacial score (nSPS) is 13.3. The molecule has 1 N–H and O–H groups in total. The lowest BCUT2D eigenvalue weighted by Crippen LogP contribution is -2.59. The van der Waals surface area contributed by atoms with Crippen LogP contribution in [0.2, 0.25) is 0 Å². The lowest BCUT2D eigenvalue weighted by atomic mass is 10.0. The molecule has 0 radical (unpaired) electrons. The SMILES string of the molecule is CC(C)(Oc1ccc(CCN=C=S)cc1)C(C)(O)[P+](c1ccccc1)(c1ccccc1)c1ccccc1. The summed E-state index contributed by atoms with van der Waals surface area (Å²) in [4.78, 5) is 4.00. The van der Waals surface area contributed by atoms with Crippen LogP contribution in [-0.2, 0) is 6.42 Å². The third-order valence-corrected chi connectivity index (χ3v) is 12.3. The summed E-state index contributed by atoms with van der Waals surface area (Å²) >= 11 is 4.66. The molecule has 0 aliphatic heterocycles. The number of benzene rings is 4. The monoisotopic (exact) mass is 526 g/mol. The van der Waals surface area contributed by atoms with Crippen molar-refractivity contribution in [3.8, 4) is 5.75 Å². The van der Waals surface area contributed by atoms with E-state index in [1.54, 1.807) is 0 Å². The average Bonchev–Trinajstić information content (AvgIpc) is 2.92. The Kier molecular flexibility index (Phi) is 8.37. The molecule has 4 aromatic carbocycles. The highest BCUT2D eigenvalue weighted by molar-refractivity contribution is 7.96. The number of ether oxygens (including phenoxy) is 1. The molecule has 0 saturated carbocycles. The molecule has 3 nitrogen and oxygen atoms in total. The van der Waals surface area contributed by atoms with Gasteiger partial charge < -0.3 is 9.84 Å². The van der Waals surface area contributed by atoms with Gasteiger partial charge in [-0.1, -0.05) is 66.7 Å². The fourth-order valence-electron chi connectivity index (χ4n) is 4.91. The van der Waals surface area contributed by atoms with Gasteiger partial charge in [0.05, 0.1) is 11.7 Å². The number of nitrogens with zero attached hydrogens (tertiary/aromatic N) is 1. The van der Waals surface area contributed by atoms with Gasteiger partial charge in [0.1, 0.15) is 28.9 Å². The van der Waals surface area contributed by atoms with Gasteiger partial charge in [-0.15, -0.1) is 0 Å². The van der Waals surface area contributed by atoms with E-state index in [1.807, 2.05) is 99.6 Å². The van der Waals surface area contributed by atoms with Crippen molar-refractivity contribution in [3.05, 3.63) is 121 Å². The highest BCUT2D eigenvalue weighted by Crippen LogP contribution is 2.68. The van der Waals surface area contributed by atoms with Gasteiger partial charge in [0.2, 0.25) is 5.34 Å². The first-order chi connectivity index (χ1) is 17.8. The van der Waals surface area contributed by atoms with Gasteiger partial charge in [0, 0.05) is 6.92 Å². The standard InChI is InChI=1S/C32H33NO2PS/c1-31(2,35-27-21-19-26(20-22-27)23-24-33-25-37)32(3,34)36(28-13-7-4-8-14-28,29-15-9-5-10-16-29)30-17-11-6-12-18-30/h4-22,34H,23-24H2,1-3H3/q+1. The second-order valence-corrected chi connectivity index (χ2v) is 13.6. The molecule has 0 saturated heterocycles. The molecule has 0 fully saturated rings. The van der Waals surface area contributed by atoms with Crippen LogP contribution in [0.5, 0.6) is 5.75 Å². The minimum Gasteiger partial charge on any atom is -0.481 e. The van der Waals surface area contributed by atoms with Crippen LogP contribution < -0.4 is 20.7 Å². The summed E-state index contributed by atoms with van der Waals surface area (Å²) in [5.74, 6) is 0.708. The van der Waals surface area contributed by atoms with Crippen LogP contribution in [0.1, 0.15) is 26.3 Å². The zero-order chi connectivity index (χ0) is 26.4. The van der Waals surface area contributed by atoms with E-state index in [0.717, 1.165) is 27.9 Å². The Morgan fingerprint density at radius 2 is 1.16 bits per heavy atom. The van der Waals surface area contributed by atoms with Crippen LogP contribution in [0.25, 0.3) is 0 Å². The van der Waals surface area contributed by atoms with Crippen molar-refractivity contribution in [3.63, 3.8) is 0 Å². The van der Waals surface area contributed by atoms with Crippen molar-refractivity contribution >= 4 is 40.6 Å². The molecule has 4 rings (SSSR count). The van der Waals surface area contributed by atoms with Gasteiger partial charge in [0.15, 0.2) is 5.60 Å². The summed E-state index contributed by atoms with van der Waals surface area (Å²) in [6, 6.07) is 39.1. The van der Waals surface area contributed by atoms with Crippen molar-refractivity contribution in [2.75, 3.05) is 6.54 Å². The van der Waals surface area contributed by atoms with Crippen molar-refractivity contribution in [2.45, 2.75) is 38.1 Å². The fraction of sp³-hybridized carbons (Fsp3) is 0.219. The summed E-state index contributed by atoms with van der Waals surface area (Å²) < 4.78 is 6.64. The Balaban J connectivity index is 1.84. The molecule has 0 bridgehead atoms. The second-order valence-electron chi connectivity index (χ2n) is 9.68. The topological polar surface area (TPSA) is 41.8 Å². The lowest BCUT2D eigenvalue weighted by molar-refractivity contribution is -0.0457. The molecule has 1 unspecified atom stereocenters. The average molecular weight is 527 g/mol. The van der Waals surface area contributed by atoms with Gasteiger partial charge in [-0.3, -0.25) is 0 Å². The smallest absolute Gasteiger partial charge is 0.225 e. The van der Waals surface area contributed by atoms with Crippen molar-refractivity contribution in [1.82, 2.24) is 0 Å². The van der Waals surface area contributed by atoms with E-state index < -0.39 is 18.2 Å². The van der Waals surface area contributed by atoms with E-state index in [2.05, 4.69) is 58.8 Å². The van der Waals surface area contributed by atoms with Crippen molar-refractivity contribution < 1.29 is 9.84 Å². The van der Waals surface area contributed by atoms with E-state index in [0.29, 0.717) is 12.3 Å². The molecule has 0 heterocycles. The summed E-state index contributed by atoms with van der Waals surface area (Å²) in [5, 5.41) is 17.3. The number of hydrogen-bond acceptors (Lipinski definition) is 4. The first kappa shape index (κ1) is 26.9. The Bertz CT molecular complexity index is 1240. The zero-order valence-electron chi connectivity index (χ0n) is 21.5. The molecule has 0 amide bonds. The van der Waals surface area contributed by atoms with E-state index in [1.165, 1.54) is 0 Å². The summed E-state index contributed by atoms with van der Waals surface area (Å²) in [5.41, 5.74) is 0.191. The van der Waals surface area contributed by atoms with Crippen molar-refractivity contribution in [2.24, 2.45) is 4.99 Å². The van der Waals surface area contributed by atoms with Crippen LogP contribution in [0.15, 0.2) is 120 Å². The maximum absolute atomic E-state index is 12.9. The molecule has 0 aromatic heterocycles. The number of aliphatic imine (C=N–C) groups is 1. The summed E-state index contributed by atoms with van der Waals surface area (Å²) in [7, 11) is -2.64. The van der Waals surface area contributed by atoms with Gasteiger partial charge in [-0.2, -0.15) is 0 Å². The van der Waals surface area contributed by atoms with Gasteiger partial charge in [-0.25, -0.2) is 4.99 Å². The predicted octanol–water partition coefficient (Wildman–Crippen LogP) is 6.19. The van der Waals surface area contributed by atoms with Gasteiger partial charge >= 0.3 is 0 Å². The Morgan fingerprint density at radius 1 is 0.730 bits per heavy atom. The molecular formula is C32H33NO2PS+. The first-order valence-corrected chi connectivity index (χ1v) is 14.6. The molecule has 188 valence electrons. The Morgan fingerprint density at radius 3 is 1.57 bits per heavy atom. The number of rotatable bonds is 10. The predicted molar refractivity (Wildman–Crippen MR) is 161 cm³/mol. The second kappa shape index (κ2) is 11.5. The molecule has 0 spiro atoms.